The molecule has 0 saturated heterocycles. The van der Waals surface area contributed by atoms with Crippen molar-refractivity contribution < 1.29 is 14.7 Å². The van der Waals surface area contributed by atoms with E-state index in [1.165, 1.54) is 0 Å². The average Bonchev–Trinajstić information content (AvgIpc) is 2.65. The van der Waals surface area contributed by atoms with Crippen LogP contribution in [-0.2, 0) is 17.8 Å². The molecule has 0 heterocycles. The number of urea groups is 1. The van der Waals surface area contributed by atoms with Gasteiger partial charge in [-0.2, -0.15) is 5.26 Å². The number of nitrogens with one attached hydrogen (secondary N) is 2. The van der Waals surface area contributed by atoms with E-state index in [1.807, 2.05) is 36.4 Å². The number of aliphatic carboxylic acids is 1. The molecule has 0 fully saturated rings. The molecule has 6 nitrogen and oxygen atoms in total. The second-order valence-corrected chi connectivity index (χ2v) is 5.95. The molecule has 134 valence electrons. The molecule has 0 bridgehead atoms. The van der Waals surface area contributed by atoms with E-state index in [2.05, 4.69) is 10.6 Å². The van der Waals surface area contributed by atoms with Crippen molar-refractivity contribution in [1.29, 1.82) is 5.26 Å². The maximum absolute atomic E-state index is 12.2. The summed E-state index contributed by atoms with van der Waals surface area (Å²) >= 11 is 0. The molecular weight excluding hydrogens is 330 g/mol. The van der Waals surface area contributed by atoms with Crippen molar-refractivity contribution in [3.8, 4) is 6.07 Å². The molecule has 3 N–H and O–H groups in total. The maximum atomic E-state index is 12.2. The standard InChI is InChI=1S/C20H21N3O3/c21-13-16-6-8-17(9-7-16)14-22-20(26)23-18(10-11-19(24)25)12-15-4-2-1-3-5-15/h1-9,18H,10-12,14H2,(H,24,25)(H2,22,23,26). The summed E-state index contributed by atoms with van der Waals surface area (Å²) < 4.78 is 0. The smallest absolute Gasteiger partial charge is 0.315 e. The topological polar surface area (TPSA) is 102 Å². The second kappa shape index (κ2) is 9.84. The van der Waals surface area contributed by atoms with Gasteiger partial charge in [-0.25, -0.2) is 4.79 Å². The van der Waals surface area contributed by atoms with Gasteiger partial charge >= 0.3 is 12.0 Å². The van der Waals surface area contributed by atoms with Crippen LogP contribution in [-0.4, -0.2) is 23.1 Å². The van der Waals surface area contributed by atoms with Crippen LogP contribution >= 0.6 is 0 Å². The Balaban J connectivity index is 1.89. The zero-order valence-electron chi connectivity index (χ0n) is 14.3. The van der Waals surface area contributed by atoms with Crippen LogP contribution in [0.3, 0.4) is 0 Å². The van der Waals surface area contributed by atoms with Gasteiger partial charge in [-0.15, -0.1) is 0 Å². The number of nitriles is 1. The Kier molecular flexibility index (Phi) is 7.19. The minimum absolute atomic E-state index is 0.00655. The van der Waals surface area contributed by atoms with E-state index in [0.29, 0.717) is 24.9 Å². The van der Waals surface area contributed by atoms with Crippen molar-refractivity contribution in [3.63, 3.8) is 0 Å². The Labute approximate surface area is 152 Å². The predicted molar refractivity (Wildman–Crippen MR) is 97.3 cm³/mol. The first kappa shape index (κ1) is 19.0. The molecule has 26 heavy (non-hydrogen) atoms. The van der Waals surface area contributed by atoms with Crippen LogP contribution in [0.1, 0.15) is 29.5 Å². The van der Waals surface area contributed by atoms with Crippen LogP contribution in [0, 0.1) is 11.3 Å². The summed E-state index contributed by atoms with van der Waals surface area (Å²) in [6, 6.07) is 18.0. The molecule has 0 spiro atoms. The van der Waals surface area contributed by atoms with Crippen molar-refractivity contribution in [2.24, 2.45) is 0 Å². The number of rotatable bonds is 8. The average molecular weight is 351 g/mol. The first-order valence-corrected chi connectivity index (χ1v) is 8.36. The van der Waals surface area contributed by atoms with Crippen LogP contribution in [0.4, 0.5) is 4.79 Å². The Morgan fingerprint density at radius 2 is 1.73 bits per heavy atom. The Morgan fingerprint density at radius 1 is 1.04 bits per heavy atom. The first-order chi connectivity index (χ1) is 12.6. The van der Waals surface area contributed by atoms with Gasteiger partial charge in [-0.1, -0.05) is 42.5 Å². The number of carboxylic acids is 1. The minimum atomic E-state index is -0.886. The molecule has 1 unspecified atom stereocenters. The van der Waals surface area contributed by atoms with Crippen LogP contribution < -0.4 is 10.6 Å². The quantitative estimate of drug-likeness (QED) is 0.680. The molecule has 0 aliphatic rings. The number of carboxylic acid groups (broad SMARTS) is 1. The lowest BCUT2D eigenvalue weighted by Gasteiger charge is -2.19. The van der Waals surface area contributed by atoms with E-state index >= 15 is 0 Å². The third kappa shape index (κ3) is 6.65. The lowest BCUT2D eigenvalue weighted by Crippen LogP contribution is -2.43. The van der Waals surface area contributed by atoms with Gasteiger partial charge in [0.2, 0.25) is 0 Å². The van der Waals surface area contributed by atoms with Gasteiger partial charge < -0.3 is 15.7 Å². The van der Waals surface area contributed by atoms with Crippen LogP contribution in [0.2, 0.25) is 0 Å². The fraction of sp³-hybridized carbons (Fsp3) is 0.250. The maximum Gasteiger partial charge on any atom is 0.315 e. The van der Waals surface area contributed by atoms with E-state index in [-0.39, 0.29) is 18.5 Å². The highest BCUT2D eigenvalue weighted by atomic mass is 16.4. The van der Waals surface area contributed by atoms with Crippen LogP contribution in [0.15, 0.2) is 54.6 Å². The third-order valence-electron chi connectivity index (χ3n) is 3.90. The van der Waals surface area contributed by atoms with Crippen molar-refractivity contribution >= 4 is 12.0 Å². The zero-order valence-corrected chi connectivity index (χ0v) is 14.3. The number of carbonyl (C=O) groups is 2. The molecular formula is C20H21N3O3. The zero-order chi connectivity index (χ0) is 18.8. The van der Waals surface area contributed by atoms with Crippen LogP contribution in [0.5, 0.6) is 0 Å². The van der Waals surface area contributed by atoms with E-state index in [9.17, 15) is 9.59 Å². The summed E-state index contributed by atoms with van der Waals surface area (Å²) in [6.07, 6.45) is 0.917. The van der Waals surface area contributed by atoms with Crippen molar-refractivity contribution in [2.45, 2.75) is 31.8 Å². The molecule has 0 aliphatic carbocycles. The van der Waals surface area contributed by atoms with E-state index in [0.717, 1.165) is 11.1 Å². The number of hydrogen-bond donors (Lipinski definition) is 3. The van der Waals surface area contributed by atoms with E-state index in [1.54, 1.807) is 24.3 Å². The van der Waals surface area contributed by atoms with Crippen molar-refractivity contribution in [3.05, 3.63) is 71.3 Å². The van der Waals surface area contributed by atoms with Crippen molar-refractivity contribution in [2.75, 3.05) is 0 Å². The summed E-state index contributed by atoms with van der Waals surface area (Å²) in [5, 5.41) is 23.3. The largest absolute Gasteiger partial charge is 0.481 e. The van der Waals surface area contributed by atoms with Crippen molar-refractivity contribution in [1.82, 2.24) is 10.6 Å². The number of carbonyl (C=O) groups excluding carboxylic acids is 1. The number of amides is 2. The summed E-state index contributed by atoms with van der Waals surface area (Å²) in [5.41, 5.74) is 2.48. The Hall–Kier alpha value is -3.33. The van der Waals surface area contributed by atoms with Gasteiger partial charge in [-0.3, -0.25) is 4.79 Å². The Bertz CT molecular complexity index is 767. The van der Waals surface area contributed by atoms with E-state index < -0.39 is 5.97 Å². The predicted octanol–water partition coefficient (Wildman–Crippen LogP) is 2.83. The summed E-state index contributed by atoms with van der Waals surface area (Å²) in [4.78, 5) is 23.0. The van der Waals surface area contributed by atoms with Gasteiger partial charge in [0, 0.05) is 19.0 Å². The number of hydrogen-bond acceptors (Lipinski definition) is 3. The third-order valence-corrected chi connectivity index (χ3v) is 3.90. The molecule has 0 radical (unpaired) electrons. The fourth-order valence-corrected chi connectivity index (χ4v) is 2.54. The molecule has 6 heteroatoms. The molecule has 2 aromatic rings. The summed E-state index contributed by atoms with van der Waals surface area (Å²) in [5.74, 6) is -0.886. The molecule has 0 aliphatic heterocycles. The lowest BCUT2D eigenvalue weighted by atomic mass is 10.0. The number of nitrogens with zero attached hydrogens (tertiary/aromatic N) is 1. The highest BCUT2D eigenvalue weighted by Gasteiger charge is 2.14. The fourth-order valence-electron chi connectivity index (χ4n) is 2.54. The molecule has 0 saturated carbocycles. The van der Waals surface area contributed by atoms with Gasteiger partial charge in [0.15, 0.2) is 0 Å². The molecule has 0 aromatic heterocycles. The summed E-state index contributed by atoms with van der Waals surface area (Å²) in [6.45, 7) is 0.328. The highest BCUT2D eigenvalue weighted by Crippen LogP contribution is 2.08. The van der Waals surface area contributed by atoms with Gasteiger partial charge in [0.05, 0.1) is 11.6 Å². The molecule has 2 rings (SSSR count). The monoisotopic (exact) mass is 351 g/mol. The molecule has 1 atom stereocenters. The SMILES string of the molecule is N#Cc1ccc(CNC(=O)NC(CCC(=O)O)Cc2ccccc2)cc1. The Morgan fingerprint density at radius 3 is 2.35 bits per heavy atom. The minimum Gasteiger partial charge on any atom is -0.481 e. The van der Waals surface area contributed by atoms with Gasteiger partial charge in [0.1, 0.15) is 0 Å². The first-order valence-electron chi connectivity index (χ1n) is 8.36. The molecule has 2 amide bonds. The lowest BCUT2D eigenvalue weighted by molar-refractivity contribution is -0.137. The second-order valence-electron chi connectivity index (χ2n) is 5.95. The number of benzene rings is 2. The van der Waals surface area contributed by atoms with Crippen LogP contribution in [0.25, 0.3) is 0 Å². The normalized spacial score (nSPS) is 11.2. The van der Waals surface area contributed by atoms with Gasteiger partial charge in [0.25, 0.3) is 0 Å². The summed E-state index contributed by atoms with van der Waals surface area (Å²) in [7, 11) is 0. The molecule has 2 aromatic carbocycles. The van der Waals surface area contributed by atoms with Gasteiger partial charge in [-0.05, 0) is 36.1 Å². The highest BCUT2D eigenvalue weighted by molar-refractivity contribution is 5.74. The van der Waals surface area contributed by atoms with E-state index in [4.69, 9.17) is 10.4 Å².